The number of hydrogen-bond acceptors (Lipinski definition) is 2. The van der Waals surface area contributed by atoms with Crippen molar-refractivity contribution in [3.05, 3.63) is 59.7 Å². The van der Waals surface area contributed by atoms with Gasteiger partial charge < -0.3 is 4.74 Å². The van der Waals surface area contributed by atoms with E-state index in [1.165, 1.54) is 0 Å². The van der Waals surface area contributed by atoms with E-state index < -0.39 is 11.3 Å². The topological polar surface area (TPSA) is 26.3 Å². The molecule has 0 saturated heterocycles. The molecule has 0 aliphatic heterocycles. The van der Waals surface area contributed by atoms with E-state index >= 15 is 0 Å². The van der Waals surface area contributed by atoms with Crippen LogP contribution in [0.3, 0.4) is 0 Å². The maximum atomic E-state index is 13.8. The van der Waals surface area contributed by atoms with Crippen LogP contribution in [0.1, 0.15) is 49.0 Å². The molecule has 0 N–H and O–H groups in total. The third-order valence-corrected chi connectivity index (χ3v) is 4.73. The fourth-order valence-electron chi connectivity index (χ4n) is 3.00. The summed E-state index contributed by atoms with van der Waals surface area (Å²) in [5.74, 6) is -1.43. The fourth-order valence-corrected chi connectivity index (χ4v) is 3.00. The van der Waals surface area contributed by atoms with Crippen LogP contribution in [-0.4, -0.2) is 11.7 Å². The average molecular weight is 330 g/mol. The standard InChI is InChI=1S/C20H20F2O2/c1-3-18(23)14-4-8-16(9-5-14)24-17-10-6-15(7-11-17)20(12-13-20)19(2,21)22/h4-11H,3,12-13H2,1-2H3. The summed E-state index contributed by atoms with van der Waals surface area (Å²) < 4.78 is 33.3. The molecule has 24 heavy (non-hydrogen) atoms. The molecule has 2 aromatic rings. The van der Waals surface area contributed by atoms with Crippen molar-refractivity contribution in [2.24, 2.45) is 0 Å². The lowest BCUT2D eigenvalue weighted by molar-refractivity contribution is -0.0200. The molecule has 0 radical (unpaired) electrons. The summed E-state index contributed by atoms with van der Waals surface area (Å²) in [4.78, 5) is 11.6. The van der Waals surface area contributed by atoms with Crippen LogP contribution in [0, 0.1) is 0 Å². The SMILES string of the molecule is CCC(=O)c1ccc(Oc2ccc(C3(C(C)(F)F)CC3)cc2)cc1. The van der Waals surface area contributed by atoms with Crippen molar-refractivity contribution in [1.82, 2.24) is 0 Å². The molecule has 1 saturated carbocycles. The maximum Gasteiger partial charge on any atom is 0.254 e. The Hall–Kier alpha value is -2.23. The molecule has 1 aliphatic carbocycles. The predicted molar refractivity (Wildman–Crippen MR) is 89.1 cm³/mol. The largest absolute Gasteiger partial charge is 0.457 e. The second-order valence-corrected chi connectivity index (χ2v) is 6.40. The molecule has 0 spiro atoms. The van der Waals surface area contributed by atoms with Gasteiger partial charge in [-0.05, 0) is 54.8 Å². The van der Waals surface area contributed by atoms with Crippen LogP contribution in [0.2, 0.25) is 0 Å². The average Bonchev–Trinajstić information content (AvgIpc) is 3.37. The van der Waals surface area contributed by atoms with Crippen molar-refractivity contribution in [1.29, 1.82) is 0 Å². The smallest absolute Gasteiger partial charge is 0.254 e. The fraction of sp³-hybridized carbons (Fsp3) is 0.350. The van der Waals surface area contributed by atoms with Gasteiger partial charge in [-0.1, -0.05) is 19.1 Å². The highest BCUT2D eigenvalue weighted by atomic mass is 19.3. The lowest BCUT2D eigenvalue weighted by atomic mass is 9.90. The second-order valence-electron chi connectivity index (χ2n) is 6.40. The van der Waals surface area contributed by atoms with Gasteiger partial charge in [0.15, 0.2) is 5.78 Å². The molecule has 1 aliphatic rings. The Morgan fingerprint density at radius 1 is 1.04 bits per heavy atom. The number of halogens is 2. The summed E-state index contributed by atoms with van der Waals surface area (Å²) in [6.07, 6.45) is 1.50. The van der Waals surface area contributed by atoms with Gasteiger partial charge >= 0.3 is 0 Å². The van der Waals surface area contributed by atoms with Crippen LogP contribution in [-0.2, 0) is 5.41 Å². The first-order valence-electron chi connectivity index (χ1n) is 8.15. The molecule has 0 unspecified atom stereocenters. The quantitative estimate of drug-likeness (QED) is 0.630. The number of hydrogen-bond donors (Lipinski definition) is 0. The first-order valence-corrected chi connectivity index (χ1v) is 8.15. The molecule has 2 nitrogen and oxygen atoms in total. The number of carbonyl (C=O) groups is 1. The lowest BCUT2D eigenvalue weighted by Crippen LogP contribution is -2.29. The van der Waals surface area contributed by atoms with Crippen molar-refractivity contribution in [3.8, 4) is 11.5 Å². The number of ketones is 1. The van der Waals surface area contributed by atoms with E-state index in [1.54, 1.807) is 48.5 Å². The molecule has 0 amide bonds. The third kappa shape index (κ3) is 3.05. The van der Waals surface area contributed by atoms with E-state index in [9.17, 15) is 13.6 Å². The number of ether oxygens (including phenoxy) is 1. The van der Waals surface area contributed by atoms with E-state index in [-0.39, 0.29) is 5.78 Å². The number of Topliss-reactive ketones (excluding diaryl/α,β-unsaturated/α-hetero) is 1. The van der Waals surface area contributed by atoms with Crippen LogP contribution in [0.5, 0.6) is 11.5 Å². The maximum absolute atomic E-state index is 13.8. The van der Waals surface area contributed by atoms with Gasteiger partial charge in [-0.3, -0.25) is 4.79 Å². The van der Waals surface area contributed by atoms with Crippen molar-refractivity contribution < 1.29 is 18.3 Å². The highest BCUT2D eigenvalue weighted by Gasteiger charge is 2.59. The van der Waals surface area contributed by atoms with Crippen LogP contribution in [0.15, 0.2) is 48.5 Å². The number of benzene rings is 2. The highest BCUT2D eigenvalue weighted by Crippen LogP contribution is 2.58. The van der Waals surface area contributed by atoms with Crippen molar-refractivity contribution in [3.63, 3.8) is 0 Å². The zero-order valence-electron chi connectivity index (χ0n) is 13.8. The summed E-state index contributed by atoms with van der Waals surface area (Å²) in [7, 11) is 0. The van der Waals surface area contributed by atoms with Crippen LogP contribution in [0.4, 0.5) is 8.78 Å². The highest BCUT2D eigenvalue weighted by molar-refractivity contribution is 5.95. The molecular formula is C20H20F2O2. The van der Waals surface area contributed by atoms with Gasteiger partial charge in [0.25, 0.3) is 5.92 Å². The molecule has 1 fully saturated rings. The summed E-state index contributed by atoms with van der Waals surface area (Å²) in [6, 6.07) is 13.8. The number of carbonyl (C=O) groups excluding carboxylic acids is 1. The van der Waals surface area contributed by atoms with Crippen LogP contribution >= 0.6 is 0 Å². The molecule has 0 bridgehead atoms. The molecule has 126 valence electrons. The van der Waals surface area contributed by atoms with Crippen molar-refractivity contribution >= 4 is 5.78 Å². The second kappa shape index (κ2) is 6.00. The molecular weight excluding hydrogens is 310 g/mol. The monoisotopic (exact) mass is 330 g/mol. The van der Waals surface area contributed by atoms with Gasteiger partial charge in [-0.2, -0.15) is 0 Å². The number of rotatable bonds is 6. The first-order chi connectivity index (χ1) is 11.4. The zero-order valence-corrected chi connectivity index (χ0v) is 13.8. The predicted octanol–water partition coefficient (Wildman–Crippen LogP) is 5.76. The Morgan fingerprint density at radius 2 is 1.54 bits per heavy atom. The van der Waals surface area contributed by atoms with Gasteiger partial charge in [0.1, 0.15) is 11.5 Å². The Kier molecular flexibility index (Phi) is 4.16. The summed E-state index contributed by atoms with van der Waals surface area (Å²) in [5.41, 5.74) is 0.306. The number of alkyl halides is 2. The normalized spacial score (nSPS) is 15.8. The third-order valence-electron chi connectivity index (χ3n) is 4.73. The summed E-state index contributed by atoms with van der Waals surface area (Å²) >= 11 is 0. The Labute approximate surface area is 140 Å². The minimum atomic E-state index is -2.71. The van der Waals surface area contributed by atoms with Gasteiger partial charge in [-0.15, -0.1) is 0 Å². The van der Waals surface area contributed by atoms with Crippen molar-refractivity contribution in [2.45, 2.75) is 44.4 Å². The van der Waals surface area contributed by atoms with E-state index in [0.717, 1.165) is 6.92 Å². The Morgan fingerprint density at radius 3 is 1.96 bits per heavy atom. The first kappa shape index (κ1) is 16.6. The van der Waals surface area contributed by atoms with E-state index in [0.29, 0.717) is 41.9 Å². The van der Waals surface area contributed by atoms with Crippen LogP contribution in [0.25, 0.3) is 0 Å². The van der Waals surface area contributed by atoms with E-state index in [2.05, 4.69) is 0 Å². The molecule has 0 heterocycles. The van der Waals surface area contributed by atoms with Crippen LogP contribution < -0.4 is 4.74 Å². The molecule has 4 heteroatoms. The summed E-state index contributed by atoms with van der Waals surface area (Å²) in [6.45, 7) is 2.81. The molecule has 2 aromatic carbocycles. The van der Waals surface area contributed by atoms with Gasteiger partial charge in [0.2, 0.25) is 0 Å². The minimum absolute atomic E-state index is 0.0844. The molecule has 0 atom stereocenters. The zero-order chi connectivity index (χ0) is 17.4. The molecule has 3 rings (SSSR count). The Balaban J connectivity index is 1.72. The minimum Gasteiger partial charge on any atom is -0.457 e. The van der Waals surface area contributed by atoms with E-state index in [4.69, 9.17) is 4.74 Å². The van der Waals surface area contributed by atoms with Gasteiger partial charge in [0, 0.05) is 18.9 Å². The van der Waals surface area contributed by atoms with Crippen molar-refractivity contribution in [2.75, 3.05) is 0 Å². The van der Waals surface area contributed by atoms with E-state index in [1.807, 2.05) is 6.92 Å². The summed E-state index contributed by atoms with van der Waals surface area (Å²) in [5, 5.41) is 0. The Bertz CT molecular complexity index is 724. The van der Waals surface area contributed by atoms with Gasteiger partial charge in [0.05, 0.1) is 5.41 Å². The molecule has 0 aromatic heterocycles. The lowest BCUT2D eigenvalue weighted by Gasteiger charge is -2.23. The van der Waals surface area contributed by atoms with Gasteiger partial charge in [-0.25, -0.2) is 8.78 Å².